The Morgan fingerprint density at radius 2 is 2.29 bits per heavy atom. The van der Waals surface area contributed by atoms with Crippen LogP contribution >= 0.6 is 0 Å². The lowest BCUT2D eigenvalue weighted by Gasteiger charge is -2.32. The number of aromatic amines is 1. The smallest absolute Gasteiger partial charge is 0.226 e. The van der Waals surface area contributed by atoms with Crippen LogP contribution in [0.15, 0.2) is 36.5 Å². The summed E-state index contributed by atoms with van der Waals surface area (Å²) >= 11 is 0. The van der Waals surface area contributed by atoms with E-state index in [-0.39, 0.29) is 5.92 Å². The fraction of sp³-hybridized carbons (Fsp3) is 0.474. The van der Waals surface area contributed by atoms with E-state index < -0.39 is 0 Å². The Kier molecular flexibility index (Phi) is 4.00. The quantitative estimate of drug-likeness (QED) is 0.940. The van der Waals surface area contributed by atoms with E-state index in [1.165, 1.54) is 5.56 Å². The summed E-state index contributed by atoms with van der Waals surface area (Å²) in [6.45, 7) is 1.69. The Morgan fingerprint density at radius 3 is 3.08 bits per heavy atom. The normalized spacial score (nSPS) is 26.2. The van der Waals surface area contributed by atoms with Gasteiger partial charge in [0, 0.05) is 36.8 Å². The molecule has 1 saturated carbocycles. The molecule has 1 aromatic carbocycles. The number of nitrogens with zero attached hydrogens (tertiary/aromatic N) is 2. The van der Waals surface area contributed by atoms with E-state index in [2.05, 4.69) is 27.2 Å². The van der Waals surface area contributed by atoms with Crippen molar-refractivity contribution >= 4 is 5.91 Å². The lowest BCUT2D eigenvalue weighted by Crippen LogP contribution is -2.40. The van der Waals surface area contributed by atoms with Gasteiger partial charge in [0.1, 0.15) is 5.75 Å². The average Bonchev–Trinajstić information content (AvgIpc) is 3.25. The van der Waals surface area contributed by atoms with Crippen molar-refractivity contribution in [2.75, 3.05) is 20.2 Å². The zero-order chi connectivity index (χ0) is 16.5. The van der Waals surface area contributed by atoms with Gasteiger partial charge in [-0.25, -0.2) is 0 Å². The zero-order valence-electron chi connectivity index (χ0n) is 13.9. The molecule has 126 valence electrons. The molecule has 1 saturated heterocycles. The molecule has 5 heteroatoms. The highest BCUT2D eigenvalue weighted by Crippen LogP contribution is 2.49. The second-order valence-corrected chi connectivity index (χ2v) is 6.86. The minimum absolute atomic E-state index is 0.137. The van der Waals surface area contributed by atoms with Gasteiger partial charge in [0.2, 0.25) is 5.91 Å². The molecular weight excluding hydrogens is 302 g/mol. The number of aromatic nitrogens is 2. The van der Waals surface area contributed by atoms with E-state index in [0.29, 0.717) is 17.7 Å². The highest BCUT2D eigenvalue weighted by Gasteiger charge is 2.46. The summed E-state index contributed by atoms with van der Waals surface area (Å²) in [5, 5.41) is 7.10. The number of carbonyl (C=O) groups is 1. The molecule has 3 unspecified atom stereocenters. The molecule has 1 N–H and O–H groups in total. The zero-order valence-corrected chi connectivity index (χ0v) is 13.9. The number of amides is 1. The molecule has 4 rings (SSSR count). The van der Waals surface area contributed by atoms with Crippen LogP contribution in [-0.4, -0.2) is 41.2 Å². The third-order valence-electron chi connectivity index (χ3n) is 5.32. The Morgan fingerprint density at radius 1 is 1.38 bits per heavy atom. The van der Waals surface area contributed by atoms with E-state index in [1.54, 1.807) is 13.3 Å². The second kappa shape index (κ2) is 6.30. The van der Waals surface area contributed by atoms with E-state index in [0.717, 1.165) is 43.8 Å². The summed E-state index contributed by atoms with van der Waals surface area (Å²) in [5.74, 6) is 2.05. The van der Waals surface area contributed by atoms with Gasteiger partial charge < -0.3 is 9.64 Å². The first kappa shape index (κ1) is 15.2. The molecule has 3 atom stereocenters. The maximum Gasteiger partial charge on any atom is 0.226 e. The third kappa shape index (κ3) is 2.90. The largest absolute Gasteiger partial charge is 0.497 e. The summed E-state index contributed by atoms with van der Waals surface area (Å²) in [6, 6.07) is 10.1. The molecule has 5 nitrogen and oxygen atoms in total. The van der Waals surface area contributed by atoms with Crippen molar-refractivity contribution in [3.63, 3.8) is 0 Å². The summed E-state index contributed by atoms with van der Waals surface area (Å²) in [5.41, 5.74) is 2.36. The molecule has 1 amide bonds. The molecule has 0 bridgehead atoms. The maximum absolute atomic E-state index is 12.9. The Hall–Kier alpha value is -2.30. The van der Waals surface area contributed by atoms with Crippen LogP contribution in [0.5, 0.6) is 5.75 Å². The molecule has 0 spiro atoms. The molecule has 2 aromatic rings. The number of nitrogens with one attached hydrogen (secondary N) is 1. The van der Waals surface area contributed by atoms with E-state index in [9.17, 15) is 4.79 Å². The topological polar surface area (TPSA) is 58.2 Å². The van der Waals surface area contributed by atoms with Gasteiger partial charge in [-0.3, -0.25) is 9.89 Å². The number of piperidine rings is 1. The van der Waals surface area contributed by atoms with Crippen LogP contribution in [0.3, 0.4) is 0 Å². The number of ether oxygens (including phenoxy) is 1. The number of hydrogen-bond acceptors (Lipinski definition) is 3. The van der Waals surface area contributed by atoms with Gasteiger partial charge >= 0.3 is 0 Å². The molecule has 2 heterocycles. The predicted octanol–water partition coefficient (Wildman–Crippen LogP) is 2.93. The molecule has 2 aliphatic rings. The van der Waals surface area contributed by atoms with E-state index >= 15 is 0 Å². The van der Waals surface area contributed by atoms with E-state index in [4.69, 9.17) is 4.74 Å². The van der Waals surface area contributed by atoms with E-state index in [1.807, 2.05) is 18.2 Å². The molecule has 24 heavy (non-hydrogen) atoms. The van der Waals surface area contributed by atoms with Gasteiger partial charge in [-0.1, -0.05) is 12.1 Å². The third-order valence-corrected chi connectivity index (χ3v) is 5.32. The highest BCUT2D eigenvalue weighted by atomic mass is 16.5. The minimum atomic E-state index is 0.137. The van der Waals surface area contributed by atoms with Gasteiger partial charge in [-0.05, 0) is 48.9 Å². The monoisotopic (exact) mass is 325 g/mol. The average molecular weight is 325 g/mol. The van der Waals surface area contributed by atoms with Crippen LogP contribution in [0.2, 0.25) is 0 Å². The van der Waals surface area contributed by atoms with Gasteiger partial charge in [-0.15, -0.1) is 0 Å². The van der Waals surface area contributed by atoms with Crippen molar-refractivity contribution in [2.24, 2.45) is 5.92 Å². The first-order valence-corrected chi connectivity index (χ1v) is 8.68. The fourth-order valence-corrected chi connectivity index (χ4v) is 3.87. The van der Waals surface area contributed by atoms with Crippen LogP contribution in [0.25, 0.3) is 0 Å². The SMILES string of the molecule is COc1cccc(C2CC2C(=O)N2CCCC(c3ccn[nH]3)C2)c1. The molecule has 1 aliphatic heterocycles. The number of hydrogen-bond donors (Lipinski definition) is 1. The molecule has 1 aliphatic carbocycles. The first-order valence-electron chi connectivity index (χ1n) is 8.68. The van der Waals surface area contributed by atoms with Gasteiger partial charge in [-0.2, -0.15) is 5.10 Å². The Balaban J connectivity index is 1.41. The van der Waals surface area contributed by atoms with Crippen molar-refractivity contribution in [1.29, 1.82) is 0 Å². The number of carbonyl (C=O) groups excluding carboxylic acids is 1. The van der Waals surface area contributed by atoms with Gasteiger partial charge in [0.15, 0.2) is 0 Å². The Bertz CT molecular complexity index is 713. The number of likely N-dealkylation sites (tertiary alicyclic amines) is 1. The van der Waals surface area contributed by atoms with Crippen molar-refractivity contribution in [1.82, 2.24) is 15.1 Å². The van der Waals surface area contributed by atoms with Gasteiger partial charge in [0.05, 0.1) is 7.11 Å². The fourth-order valence-electron chi connectivity index (χ4n) is 3.87. The lowest BCUT2D eigenvalue weighted by molar-refractivity contribution is -0.133. The van der Waals surface area contributed by atoms with Crippen LogP contribution in [0, 0.1) is 5.92 Å². The van der Waals surface area contributed by atoms with Crippen molar-refractivity contribution in [2.45, 2.75) is 31.1 Å². The molecule has 2 fully saturated rings. The van der Waals surface area contributed by atoms with Gasteiger partial charge in [0.25, 0.3) is 0 Å². The summed E-state index contributed by atoms with van der Waals surface area (Å²) < 4.78 is 5.30. The van der Waals surface area contributed by atoms with Crippen LogP contribution in [0.1, 0.15) is 42.4 Å². The standard InChI is InChI=1S/C19H23N3O2/c1-24-15-6-2-4-13(10-15)16-11-17(16)19(23)22-9-3-5-14(12-22)18-7-8-20-21-18/h2,4,6-8,10,14,16-17H,3,5,9,11-12H2,1H3,(H,20,21). The highest BCUT2D eigenvalue weighted by molar-refractivity contribution is 5.83. The number of benzene rings is 1. The van der Waals surface area contributed by atoms with Crippen LogP contribution in [0.4, 0.5) is 0 Å². The van der Waals surface area contributed by atoms with Crippen LogP contribution in [-0.2, 0) is 4.79 Å². The van der Waals surface area contributed by atoms with Crippen molar-refractivity contribution in [3.8, 4) is 5.75 Å². The molecule has 0 radical (unpaired) electrons. The number of H-pyrrole nitrogens is 1. The first-order chi connectivity index (χ1) is 11.8. The molecule has 1 aromatic heterocycles. The number of methoxy groups -OCH3 is 1. The maximum atomic E-state index is 12.9. The predicted molar refractivity (Wildman–Crippen MR) is 91.0 cm³/mol. The Labute approximate surface area is 142 Å². The van der Waals surface area contributed by atoms with Crippen LogP contribution < -0.4 is 4.74 Å². The minimum Gasteiger partial charge on any atom is -0.497 e. The number of rotatable bonds is 4. The summed E-state index contributed by atoms with van der Waals surface area (Å²) in [6.07, 6.45) is 4.93. The molecular formula is C19H23N3O2. The second-order valence-electron chi connectivity index (χ2n) is 6.86. The van der Waals surface area contributed by atoms with Crippen molar-refractivity contribution < 1.29 is 9.53 Å². The summed E-state index contributed by atoms with van der Waals surface area (Å²) in [7, 11) is 1.68. The summed E-state index contributed by atoms with van der Waals surface area (Å²) in [4.78, 5) is 14.9. The lowest BCUT2D eigenvalue weighted by atomic mass is 9.94. The van der Waals surface area contributed by atoms with Crippen molar-refractivity contribution in [3.05, 3.63) is 47.8 Å².